The standard InChI is InChI=1S/C16H28O3/c1-16(2,11-17)19-15(18)10-12-7-8-13-5-3-4-6-14(13)9-12/h12-14,17H,3-11H2,1-2H3. The van der Waals surface area contributed by atoms with Crippen LogP contribution in [0.1, 0.15) is 65.2 Å². The van der Waals surface area contributed by atoms with Crippen LogP contribution in [-0.2, 0) is 9.53 Å². The van der Waals surface area contributed by atoms with Gasteiger partial charge in [0.1, 0.15) is 5.60 Å². The lowest BCUT2D eigenvalue weighted by Crippen LogP contribution is -2.34. The summed E-state index contributed by atoms with van der Waals surface area (Å²) in [5.74, 6) is 2.14. The minimum Gasteiger partial charge on any atom is -0.457 e. The predicted octanol–water partition coefficient (Wildman–Crippen LogP) is 3.30. The Morgan fingerprint density at radius 1 is 1.16 bits per heavy atom. The van der Waals surface area contributed by atoms with Crippen LogP contribution in [0.4, 0.5) is 0 Å². The molecule has 3 atom stereocenters. The van der Waals surface area contributed by atoms with E-state index in [9.17, 15) is 4.79 Å². The van der Waals surface area contributed by atoms with Gasteiger partial charge in [-0.15, -0.1) is 0 Å². The first-order valence-corrected chi connectivity index (χ1v) is 7.83. The van der Waals surface area contributed by atoms with Crippen molar-refractivity contribution in [2.24, 2.45) is 17.8 Å². The summed E-state index contributed by atoms with van der Waals surface area (Å²) in [5, 5.41) is 9.13. The number of aliphatic hydroxyl groups excluding tert-OH is 1. The molecule has 0 spiro atoms. The van der Waals surface area contributed by atoms with Crippen LogP contribution in [0.3, 0.4) is 0 Å². The highest BCUT2D eigenvalue weighted by Crippen LogP contribution is 2.43. The first-order valence-electron chi connectivity index (χ1n) is 7.83. The van der Waals surface area contributed by atoms with Crippen molar-refractivity contribution in [2.75, 3.05) is 6.61 Å². The molecule has 2 saturated carbocycles. The topological polar surface area (TPSA) is 46.5 Å². The van der Waals surface area contributed by atoms with Crippen molar-refractivity contribution in [3.8, 4) is 0 Å². The first kappa shape index (κ1) is 14.8. The maximum absolute atomic E-state index is 11.9. The molecular formula is C16H28O3. The second-order valence-electron chi connectivity index (χ2n) is 7.08. The van der Waals surface area contributed by atoms with E-state index in [4.69, 9.17) is 9.84 Å². The fourth-order valence-corrected chi connectivity index (χ4v) is 3.77. The van der Waals surface area contributed by atoms with Crippen LogP contribution in [0.15, 0.2) is 0 Å². The molecule has 2 fully saturated rings. The Hall–Kier alpha value is -0.570. The molecule has 0 aliphatic heterocycles. The van der Waals surface area contributed by atoms with Crippen molar-refractivity contribution in [1.82, 2.24) is 0 Å². The number of esters is 1. The zero-order valence-electron chi connectivity index (χ0n) is 12.4. The van der Waals surface area contributed by atoms with Crippen LogP contribution >= 0.6 is 0 Å². The Morgan fingerprint density at radius 2 is 1.84 bits per heavy atom. The average molecular weight is 268 g/mol. The van der Waals surface area contributed by atoms with Crippen molar-refractivity contribution in [1.29, 1.82) is 0 Å². The maximum atomic E-state index is 11.9. The van der Waals surface area contributed by atoms with E-state index in [1.807, 2.05) is 0 Å². The molecule has 2 rings (SSSR count). The Labute approximate surface area is 116 Å². The van der Waals surface area contributed by atoms with Crippen molar-refractivity contribution in [3.63, 3.8) is 0 Å². The number of ether oxygens (including phenoxy) is 1. The van der Waals surface area contributed by atoms with E-state index in [2.05, 4.69) is 0 Å². The Balaban J connectivity index is 1.78. The smallest absolute Gasteiger partial charge is 0.306 e. The number of hydrogen-bond donors (Lipinski definition) is 1. The van der Waals surface area contributed by atoms with Crippen molar-refractivity contribution >= 4 is 5.97 Å². The van der Waals surface area contributed by atoms with Gasteiger partial charge in [0.25, 0.3) is 0 Å². The van der Waals surface area contributed by atoms with E-state index in [0.717, 1.165) is 11.8 Å². The van der Waals surface area contributed by atoms with Gasteiger partial charge in [-0.25, -0.2) is 0 Å². The monoisotopic (exact) mass is 268 g/mol. The molecule has 3 heteroatoms. The lowest BCUT2D eigenvalue weighted by molar-refractivity contribution is -0.161. The summed E-state index contributed by atoms with van der Waals surface area (Å²) in [5.41, 5.74) is -0.737. The number of aliphatic hydroxyl groups is 1. The van der Waals surface area contributed by atoms with Gasteiger partial charge in [-0.1, -0.05) is 25.7 Å². The summed E-state index contributed by atoms with van der Waals surface area (Å²) in [6.45, 7) is 3.39. The number of carbonyl (C=O) groups excluding carboxylic acids is 1. The molecule has 3 unspecified atom stereocenters. The van der Waals surface area contributed by atoms with Gasteiger partial charge < -0.3 is 9.84 Å². The van der Waals surface area contributed by atoms with E-state index in [1.54, 1.807) is 13.8 Å². The molecule has 110 valence electrons. The van der Waals surface area contributed by atoms with E-state index in [-0.39, 0.29) is 12.6 Å². The molecule has 0 heterocycles. The summed E-state index contributed by atoms with van der Waals surface area (Å²) in [4.78, 5) is 11.9. The highest BCUT2D eigenvalue weighted by Gasteiger charge is 2.33. The summed E-state index contributed by atoms with van der Waals surface area (Å²) < 4.78 is 5.34. The van der Waals surface area contributed by atoms with Crippen LogP contribution in [0.5, 0.6) is 0 Å². The summed E-state index contributed by atoms with van der Waals surface area (Å²) in [6.07, 6.45) is 9.75. The lowest BCUT2D eigenvalue weighted by Gasteiger charge is -2.39. The van der Waals surface area contributed by atoms with Gasteiger partial charge in [0.15, 0.2) is 0 Å². The molecule has 0 radical (unpaired) electrons. The van der Waals surface area contributed by atoms with Gasteiger partial charge in [-0.3, -0.25) is 4.79 Å². The first-order chi connectivity index (χ1) is 9.00. The van der Waals surface area contributed by atoms with Crippen molar-refractivity contribution in [3.05, 3.63) is 0 Å². The van der Waals surface area contributed by atoms with Gasteiger partial charge in [0, 0.05) is 6.42 Å². The molecule has 0 bridgehead atoms. The van der Waals surface area contributed by atoms with Crippen molar-refractivity contribution < 1.29 is 14.6 Å². The van der Waals surface area contributed by atoms with Crippen LogP contribution in [0.2, 0.25) is 0 Å². The molecule has 0 amide bonds. The minimum atomic E-state index is -0.737. The van der Waals surface area contributed by atoms with E-state index >= 15 is 0 Å². The highest BCUT2D eigenvalue weighted by atomic mass is 16.6. The summed E-state index contributed by atoms with van der Waals surface area (Å²) in [6, 6.07) is 0. The SMILES string of the molecule is CC(C)(CO)OC(=O)CC1CCC2CCCCC2C1. The lowest BCUT2D eigenvalue weighted by atomic mass is 9.67. The highest BCUT2D eigenvalue weighted by molar-refractivity contribution is 5.70. The van der Waals surface area contributed by atoms with Crippen molar-refractivity contribution in [2.45, 2.75) is 70.8 Å². The molecule has 2 aliphatic carbocycles. The molecule has 1 N–H and O–H groups in total. The fraction of sp³-hybridized carbons (Fsp3) is 0.938. The van der Waals surface area contributed by atoms with Gasteiger partial charge in [0.05, 0.1) is 6.61 Å². The van der Waals surface area contributed by atoms with Gasteiger partial charge in [-0.05, 0) is 50.9 Å². The molecule has 0 aromatic carbocycles. The Kier molecular flexibility index (Phi) is 4.88. The van der Waals surface area contributed by atoms with Gasteiger partial charge >= 0.3 is 5.97 Å². The van der Waals surface area contributed by atoms with E-state index in [1.165, 1.54) is 44.9 Å². The molecule has 19 heavy (non-hydrogen) atoms. The average Bonchev–Trinajstić information content (AvgIpc) is 2.38. The maximum Gasteiger partial charge on any atom is 0.306 e. The van der Waals surface area contributed by atoms with E-state index < -0.39 is 5.60 Å². The quantitative estimate of drug-likeness (QED) is 0.796. The Morgan fingerprint density at radius 3 is 2.53 bits per heavy atom. The van der Waals surface area contributed by atoms with Gasteiger partial charge in [-0.2, -0.15) is 0 Å². The number of carbonyl (C=O) groups is 1. The van der Waals surface area contributed by atoms with E-state index in [0.29, 0.717) is 12.3 Å². The third-order valence-electron chi connectivity index (χ3n) is 4.87. The second-order valence-corrected chi connectivity index (χ2v) is 7.08. The van der Waals surface area contributed by atoms with Crippen LogP contribution < -0.4 is 0 Å². The van der Waals surface area contributed by atoms with Gasteiger partial charge in [0.2, 0.25) is 0 Å². The zero-order chi connectivity index (χ0) is 13.9. The summed E-state index contributed by atoms with van der Waals surface area (Å²) in [7, 11) is 0. The predicted molar refractivity (Wildman–Crippen MR) is 74.7 cm³/mol. The number of hydrogen-bond acceptors (Lipinski definition) is 3. The normalized spacial score (nSPS) is 31.6. The largest absolute Gasteiger partial charge is 0.457 e. The van der Waals surface area contributed by atoms with Crippen LogP contribution in [0.25, 0.3) is 0 Å². The summed E-state index contributed by atoms with van der Waals surface area (Å²) >= 11 is 0. The van der Waals surface area contributed by atoms with Crippen LogP contribution in [0, 0.1) is 17.8 Å². The zero-order valence-corrected chi connectivity index (χ0v) is 12.4. The minimum absolute atomic E-state index is 0.117. The molecular weight excluding hydrogens is 240 g/mol. The third-order valence-corrected chi connectivity index (χ3v) is 4.87. The number of rotatable bonds is 4. The molecule has 0 saturated heterocycles. The number of fused-ring (bicyclic) bond motifs is 1. The molecule has 0 aromatic heterocycles. The van der Waals surface area contributed by atoms with Crippen LogP contribution in [-0.4, -0.2) is 23.3 Å². The molecule has 0 aromatic rings. The molecule has 2 aliphatic rings. The molecule has 3 nitrogen and oxygen atoms in total. The second kappa shape index (κ2) is 6.25. The Bertz CT molecular complexity index is 311. The fourth-order valence-electron chi connectivity index (χ4n) is 3.77. The third kappa shape index (κ3) is 4.20.